The zero-order valence-corrected chi connectivity index (χ0v) is 8.06. The van der Waals surface area contributed by atoms with Crippen LogP contribution in [0.4, 0.5) is 0 Å². The average molecular weight is 169 g/mol. The van der Waals surface area contributed by atoms with Crippen LogP contribution in [0.5, 0.6) is 0 Å². The van der Waals surface area contributed by atoms with Crippen molar-refractivity contribution in [3.63, 3.8) is 0 Å². The Bertz CT molecular complexity index is 97.2. The predicted molar refractivity (Wildman–Crippen MR) is 50.6 cm³/mol. The predicted octanol–water partition coefficient (Wildman–Crippen LogP) is 3.56. The van der Waals surface area contributed by atoms with Crippen molar-refractivity contribution in [3.05, 3.63) is 0 Å². The lowest BCUT2D eigenvalue weighted by Crippen LogP contribution is -1.83. The van der Waals surface area contributed by atoms with Crippen molar-refractivity contribution in [1.82, 2.24) is 0 Å². The van der Waals surface area contributed by atoms with Gasteiger partial charge in [-0.2, -0.15) is 0 Å². The number of hydrogen-bond acceptors (Lipinski definition) is 0. The fourth-order valence-electron chi connectivity index (χ4n) is 1.65. The van der Waals surface area contributed by atoms with Crippen molar-refractivity contribution in [2.45, 2.75) is 57.8 Å². The lowest BCUT2D eigenvalue weighted by atomic mass is 10.1. The highest BCUT2D eigenvalue weighted by Gasteiger charge is 2.19. The third-order valence-electron chi connectivity index (χ3n) is 2.70. The van der Waals surface area contributed by atoms with Gasteiger partial charge in [0.05, 0.1) is 6.61 Å². The van der Waals surface area contributed by atoms with Crippen LogP contribution in [0, 0.1) is 5.92 Å². The first-order valence-corrected chi connectivity index (χ1v) is 5.51. The molecule has 0 atom stereocenters. The third-order valence-corrected chi connectivity index (χ3v) is 2.70. The molecule has 0 aliphatic heterocycles. The molecule has 0 aromatic rings. The Hall–Kier alpha value is -0.0400. The van der Waals surface area contributed by atoms with Crippen LogP contribution in [-0.2, 0) is 5.11 Å². The van der Waals surface area contributed by atoms with E-state index in [2.05, 4.69) is 0 Å². The SMILES string of the molecule is [O]CCCCCCCCC1CC1. The molecule has 0 aromatic carbocycles. The molecule has 0 amide bonds. The molecule has 0 bridgehead atoms. The molecule has 0 spiro atoms. The monoisotopic (exact) mass is 169 g/mol. The van der Waals surface area contributed by atoms with Gasteiger partial charge in [0.2, 0.25) is 0 Å². The van der Waals surface area contributed by atoms with Gasteiger partial charge in [-0.3, -0.25) is 0 Å². The number of hydrogen-bond donors (Lipinski definition) is 0. The second-order valence-corrected chi connectivity index (χ2v) is 4.06. The smallest absolute Gasteiger partial charge is 0.0822 e. The molecule has 0 heterocycles. The Labute approximate surface area is 76.2 Å². The molecule has 1 nitrogen and oxygen atoms in total. The van der Waals surface area contributed by atoms with Crippen molar-refractivity contribution in [1.29, 1.82) is 0 Å². The summed E-state index contributed by atoms with van der Waals surface area (Å²) in [5, 5.41) is 10.1. The Balaban J connectivity index is 1.65. The minimum Gasteiger partial charge on any atom is -0.237 e. The molecule has 1 saturated carbocycles. The number of unbranched alkanes of at least 4 members (excludes halogenated alkanes) is 5. The summed E-state index contributed by atoms with van der Waals surface area (Å²) >= 11 is 0. The van der Waals surface area contributed by atoms with Gasteiger partial charge in [-0.15, -0.1) is 0 Å². The minimum atomic E-state index is 0.127. The first kappa shape index (κ1) is 10.0. The van der Waals surface area contributed by atoms with Crippen LogP contribution < -0.4 is 0 Å². The molecule has 1 aliphatic rings. The largest absolute Gasteiger partial charge is 0.237 e. The highest BCUT2D eigenvalue weighted by atomic mass is 16.2. The van der Waals surface area contributed by atoms with E-state index in [1.165, 1.54) is 44.9 Å². The summed E-state index contributed by atoms with van der Waals surface area (Å²) in [5.74, 6) is 1.10. The topological polar surface area (TPSA) is 19.9 Å². The van der Waals surface area contributed by atoms with E-state index in [1.54, 1.807) is 0 Å². The van der Waals surface area contributed by atoms with E-state index in [9.17, 15) is 5.11 Å². The van der Waals surface area contributed by atoms with Crippen LogP contribution in [-0.4, -0.2) is 6.61 Å². The standard InChI is InChI=1S/C11H21O/c12-10-6-4-2-1-3-5-7-11-8-9-11/h11H,1-10H2. The molecule has 1 heteroatoms. The highest BCUT2D eigenvalue weighted by molar-refractivity contribution is 4.72. The van der Waals surface area contributed by atoms with Crippen LogP contribution >= 0.6 is 0 Å². The first-order valence-electron chi connectivity index (χ1n) is 5.51. The molecular weight excluding hydrogens is 148 g/mol. The quantitative estimate of drug-likeness (QED) is 0.495. The van der Waals surface area contributed by atoms with Crippen molar-refractivity contribution in [3.8, 4) is 0 Å². The van der Waals surface area contributed by atoms with E-state index < -0.39 is 0 Å². The van der Waals surface area contributed by atoms with Crippen LogP contribution in [0.25, 0.3) is 0 Å². The summed E-state index contributed by atoms with van der Waals surface area (Å²) in [6.45, 7) is 0.127. The Kier molecular flexibility index (Phi) is 5.42. The maximum absolute atomic E-state index is 10.1. The molecule has 0 unspecified atom stereocenters. The van der Waals surface area contributed by atoms with Crippen LogP contribution in [0.15, 0.2) is 0 Å². The van der Waals surface area contributed by atoms with E-state index in [-0.39, 0.29) is 6.61 Å². The van der Waals surface area contributed by atoms with E-state index >= 15 is 0 Å². The molecule has 12 heavy (non-hydrogen) atoms. The summed E-state index contributed by atoms with van der Waals surface area (Å²) in [7, 11) is 0. The molecule has 1 rings (SSSR count). The van der Waals surface area contributed by atoms with E-state index in [0.717, 1.165) is 18.8 Å². The van der Waals surface area contributed by atoms with Crippen molar-refractivity contribution in [2.75, 3.05) is 6.61 Å². The number of rotatable bonds is 8. The lowest BCUT2D eigenvalue weighted by molar-refractivity contribution is 0.186. The Morgan fingerprint density at radius 3 is 2.00 bits per heavy atom. The molecule has 1 fully saturated rings. The summed E-state index contributed by atoms with van der Waals surface area (Å²) in [4.78, 5) is 0. The fraction of sp³-hybridized carbons (Fsp3) is 1.00. The molecule has 0 N–H and O–H groups in total. The first-order chi connectivity index (χ1) is 5.93. The molecule has 71 valence electrons. The lowest BCUT2D eigenvalue weighted by Gasteiger charge is -1.99. The van der Waals surface area contributed by atoms with Gasteiger partial charge in [0.15, 0.2) is 0 Å². The molecule has 1 radical (unpaired) electrons. The van der Waals surface area contributed by atoms with E-state index in [4.69, 9.17) is 0 Å². The third kappa shape index (κ3) is 5.59. The molecular formula is C11H21O. The van der Waals surface area contributed by atoms with Crippen LogP contribution in [0.1, 0.15) is 57.8 Å². The maximum Gasteiger partial charge on any atom is 0.0822 e. The van der Waals surface area contributed by atoms with Gasteiger partial charge in [-0.05, 0) is 12.3 Å². The second-order valence-electron chi connectivity index (χ2n) is 4.06. The molecule has 0 aromatic heterocycles. The van der Waals surface area contributed by atoms with Gasteiger partial charge in [0.25, 0.3) is 0 Å². The Morgan fingerprint density at radius 1 is 0.833 bits per heavy atom. The van der Waals surface area contributed by atoms with Crippen molar-refractivity contribution >= 4 is 0 Å². The van der Waals surface area contributed by atoms with Crippen LogP contribution in [0.2, 0.25) is 0 Å². The van der Waals surface area contributed by atoms with Gasteiger partial charge < -0.3 is 0 Å². The van der Waals surface area contributed by atoms with E-state index in [1.807, 2.05) is 0 Å². The maximum atomic E-state index is 10.1. The zero-order chi connectivity index (χ0) is 8.65. The van der Waals surface area contributed by atoms with Gasteiger partial charge in [0.1, 0.15) is 0 Å². The zero-order valence-electron chi connectivity index (χ0n) is 8.06. The molecule has 1 aliphatic carbocycles. The summed E-state index contributed by atoms with van der Waals surface area (Å²) in [5.41, 5.74) is 0. The second kappa shape index (κ2) is 6.47. The summed E-state index contributed by atoms with van der Waals surface area (Å²) < 4.78 is 0. The van der Waals surface area contributed by atoms with E-state index in [0.29, 0.717) is 0 Å². The average Bonchev–Trinajstić information content (AvgIpc) is 2.87. The van der Waals surface area contributed by atoms with Gasteiger partial charge in [0, 0.05) is 0 Å². The minimum absolute atomic E-state index is 0.127. The van der Waals surface area contributed by atoms with Gasteiger partial charge >= 0.3 is 0 Å². The normalized spacial score (nSPS) is 16.8. The fourth-order valence-corrected chi connectivity index (χ4v) is 1.65. The van der Waals surface area contributed by atoms with Crippen molar-refractivity contribution < 1.29 is 5.11 Å². The van der Waals surface area contributed by atoms with Gasteiger partial charge in [-0.25, -0.2) is 5.11 Å². The van der Waals surface area contributed by atoms with Gasteiger partial charge in [-0.1, -0.05) is 51.4 Å². The van der Waals surface area contributed by atoms with Crippen LogP contribution in [0.3, 0.4) is 0 Å². The highest BCUT2D eigenvalue weighted by Crippen LogP contribution is 2.34. The summed E-state index contributed by atoms with van der Waals surface area (Å²) in [6, 6.07) is 0. The van der Waals surface area contributed by atoms with Crippen molar-refractivity contribution in [2.24, 2.45) is 5.92 Å². The summed E-state index contributed by atoms with van der Waals surface area (Å²) in [6.07, 6.45) is 12.0. The Morgan fingerprint density at radius 2 is 1.42 bits per heavy atom. The molecule has 0 saturated heterocycles.